The summed E-state index contributed by atoms with van der Waals surface area (Å²) in [6, 6.07) is 29.6. The summed E-state index contributed by atoms with van der Waals surface area (Å²) in [5, 5.41) is 5.85. The highest BCUT2D eigenvalue weighted by Gasteiger charge is 2.46. The highest BCUT2D eigenvalue weighted by atomic mass is 79.9. The van der Waals surface area contributed by atoms with E-state index in [2.05, 4.69) is 54.3 Å². The molecule has 168 valence electrons. The van der Waals surface area contributed by atoms with Crippen molar-refractivity contribution in [1.29, 1.82) is 0 Å². The number of thiol groups is 1. The number of esters is 1. The van der Waals surface area contributed by atoms with Gasteiger partial charge in [-0.05, 0) is 36.4 Å². The summed E-state index contributed by atoms with van der Waals surface area (Å²) in [5.74, 6) is -0.736. The Morgan fingerprint density at radius 2 is 1.25 bits per heavy atom. The summed E-state index contributed by atoms with van der Waals surface area (Å²) in [7, 11) is -2.27. The van der Waals surface area contributed by atoms with Crippen LogP contribution in [-0.2, 0) is 14.3 Å². The van der Waals surface area contributed by atoms with Crippen LogP contribution >= 0.6 is 19.9 Å². The Kier molecular flexibility index (Phi) is 10.4. The highest BCUT2D eigenvalue weighted by Crippen LogP contribution is 2.55. The van der Waals surface area contributed by atoms with Crippen LogP contribution in [0.3, 0.4) is 0 Å². The Bertz CT molecular complexity index is 897. The molecule has 3 N–H and O–H groups in total. The molecule has 0 aliphatic rings. The number of benzene rings is 3. The van der Waals surface area contributed by atoms with Gasteiger partial charge in [0.1, 0.15) is 22.5 Å². The lowest BCUT2D eigenvalue weighted by atomic mass is 10.3. The maximum atomic E-state index is 12.5. The maximum Gasteiger partial charge on any atom is 0.328 e. The van der Waals surface area contributed by atoms with E-state index in [1.165, 1.54) is 0 Å². The number of carbonyl (C=O) groups is 2. The third-order valence-corrected chi connectivity index (χ3v) is 9.40. The third-order valence-electron chi connectivity index (χ3n) is 4.95. The fourth-order valence-electron chi connectivity index (χ4n) is 3.31. The molecule has 1 unspecified atom stereocenters. The quantitative estimate of drug-likeness (QED) is 0.185. The summed E-state index contributed by atoms with van der Waals surface area (Å²) in [4.78, 5) is 24.4. The number of hydrogen-bond acceptors (Lipinski definition) is 5. The number of nitrogens with two attached hydrogens (primary N) is 1. The van der Waals surface area contributed by atoms with Crippen molar-refractivity contribution >= 4 is 47.7 Å². The van der Waals surface area contributed by atoms with Gasteiger partial charge in [0.2, 0.25) is 12.3 Å². The maximum absolute atomic E-state index is 12.5. The van der Waals surface area contributed by atoms with E-state index in [1.807, 2.05) is 54.6 Å². The second-order valence-corrected chi connectivity index (χ2v) is 10.8. The number of ether oxygens (including phenoxy) is 1. The molecule has 32 heavy (non-hydrogen) atoms. The van der Waals surface area contributed by atoms with Crippen LogP contribution in [0.5, 0.6) is 0 Å². The Hall–Kier alpha value is -2.18. The van der Waals surface area contributed by atoms with E-state index in [9.17, 15) is 9.59 Å². The normalized spacial score (nSPS) is 11.7. The van der Waals surface area contributed by atoms with Gasteiger partial charge in [-0.1, -0.05) is 54.6 Å². The monoisotopic (exact) mass is 532 g/mol. The Labute approximate surface area is 205 Å². The van der Waals surface area contributed by atoms with Crippen molar-refractivity contribution in [2.45, 2.75) is 6.04 Å². The van der Waals surface area contributed by atoms with E-state index in [0.717, 1.165) is 15.9 Å². The van der Waals surface area contributed by atoms with Crippen LogP contribution in [0.25, 0.3) is 0 Å². The largest absolute Gasteiger partial charge is 1.00 e. The molecule has 3 rings (SSSR count). The van der Waals surface area contributed by atoms with Crippen molar-refractivity contribution < 1.29 is 31.3 Å². The molecule has 0 aliphatic heterocycles. The SMILES string of the molecule is NC(CS)C(=O)NCC(=O)OC[P+](c1ccccc1)(c1ccccc1)c1ccccc1.[Br-]. The minimum absolute atomic E-state index is 0. The lowest BCUT2D eigenvalue weighted by molar-refractivity contribution is -0.142. The van der Waals surface area contributed by atoms with Gasteiger partial charge in [0, 0.05) is 5.75 Å². The van der Waals surface area contributed by atoms with E-state index in [4.69, 9.17) is 10.5 Å². The van der Waals surface area contributed by atoms with E-state index >= 15 is 0 Å². The standard InChI is InChI=1S/C24H25N2O3PS.BrH/c25-22(17-31)24(28)26-16-23(27)29-18-30(19-10-4-1-5-11-19,20-12-6-2-7-13-20)21-14-8-3-9-15-21;/h1-15,22H,16-18,25H2,(H-,26,28,31);1H. The predicted octanol–water partition coefficient (Wildman–Crippen LogP) is -1.14. The first kappa shape index (κ1) is 26.1. The zero-order valence-electron chi connectivity index (χ0n) is 17.4. The first-order valence-electron chi connectivity index (χ1n) is 9.92. The number of carbonyl (C=O) groups excluding carboxylic acids is 2. The molecular weight excluding hydrogens is 507 g/mol. The molecule has 0 saturated carbocycles. The molecule has 1 amide bonds. The number of halogens is 1. The van der Waals surface area contributed by atoms with Gasteiger partial charge in [-0.15, -0.1) is 0 Å². The number of rotatable bonds is 9. The Morgan fingerprint density at radius 3 is 1.62 bits per heavy atom. The van der Waals surface area contributed by atoms with Crippen LogP contribution in [0.1, 0.15) is 0 Å². The molecule has 0 spiro atoms. The second kappa shape index (κ2) is 12.8. The van der Waals surface area contributed by atoms with Gasteiger partial charge >= 0.3 is 5.97 Å². The second-order valence-electron chi connectivity index (χ2n) is 6.97. The molecule has 0 saturated heterocycles. The molecule has 3 aromatic rings. The van der Waals surface area contributed by atoms with Crippen molar-refractivity contribution in [3.8, 4) is 0 Å². The number of nitrogens with one attached hydrogen (secondary N) is 1. The lowest BCUT2D eigenvalue weighted by Crippen LogP contribution is -3.00. The van der Waals surface area contributed by atoms with Gasteiger partial charge in [-0.3, -0.25) is 9.59 Å². The van der Waals surface area contributed by atoms with Crippen LogP contribution in [0.2, 0.25) is 0 Å². The summed E-state index contributed by atoms with van der Waals surface area (Å²) in [6.07, 6.45) is 0.193. The number of hydrogen-bond donors (Lipinski definition) is 3. The molecule has 0 fully saturated rings. The molecule has 0 aromatic heterocycles. The van der Waals surface area contributed by atoms with Crippen molar-refractivity contribution in [2.24, 2.45) is 5.73 Å². The Balaban J connectivity index is 0.00000363. The molecular formula is C24H26BrN2O3PS. The van der Waals surface area contributed by atoms with E-state index in [0.29, 0.717) is 0 Å². The van der Waals surface area contributed by atoms with E-state index in [1.54, 1.807) is 0 Å². The van der Waals surface area contributed by atoms with Gasteiger partial charge in [0.15, 0.2) is 7.26 Å². The number of amides is 1. The molecule has 8 heteroatoms. The van der Waals surface area contributed by atoms with Crippen LogP contribution < -0.4 is 43.9 Å². The van der Waals surface area contributed by atoms with Crippen LogP contribution in [0, 0.1) is 0 Å². The molecule has 0 radical (unpaired) electrons. The van der Waals surface area contributed by atoms with Gasteiger partial charge in [-0.2, -0.15) is 12.6 Å². The first-order chi connectivity index (χ1) is 15.1. The Morgan fingerprint density at radius 1 is 0.844 bits per heavy atom. The molecule has 0 aliphatic carbocycles. The molecule has 3 aromatic carbocycles. The van der Waals surface area contributed by atoms with Crippen LogP contribution in [0.4, 0.5) is 0 Å². The zero-order valence-corrected chi connectivity index (χ0v) is 20.8. The minimum atomic E-state index is -2.27. The molecule has 0 heterocycles. The molecule has 5 nitrogen and oxygen atoms in total. The van der Waals surface area contributed by atoms with Crippen molar-refractivity contribution in [1.82, 2.24) is 5.32 Å². The van der Waals surface area contributed by atoms with Crippen molar-refractivity contribution in [3.05, 3.63) is 91.0 Å². The van der Waals surface area contributed by atoms with Gasteiger partial charge in [0.05, 0.1) is 6.04 Å². The van der Waals surface area contributed by atoms with Crippen LogP contribution in [0.15, 0.2) is 91.0 Å². The topological polar surface area (TPSA) is 81.4 Å². The first-order valence-corrected chi connectivity index (χ1v) is 12.5. The fourth-order valence-corrected chi connectivity index (χ4v) is 7.20. The summed E-state index contributed by atoms with van der Waals surface area (Å²) >= 11 is 4.00. The summed E-state index contributed by atoms with van der Waals surface area (Å²) in [5.41, 5.74) is 5.64. The van der Waals surface area contributed by atoms with E-state index in [-0.39, 0.29) is 35.6 Å². The van der Waals surface area contributed by atoms with E-state index < -0.39 is 25.2 Å². The smallest absolute Gasteiger partial charge is 0.328 e. The van der Waals surface area contributed by atoms with Gasteiger partial charge in [0.25, 0.3) is 0 Å². The van der Waals surface area contributed by atoms with Crippen molar-refractivity contribution in [3.63, 3.8) is 0 Å². The van der Waals surface area contributed by atoms with Crippen LogP contribution in [-0.4, -0.2) is 36.6 Å². The summed E-state index contributed by atoms with van der Waals surface area (Å²) < 4.78 is 5.77. The molecule has 0 bridgehead atoms. The average Bonchev–Trinajstić information content (AvgIpc) is 2.84. The fraction of sp³-hybridized carbons (Fsp3) is 0.167. The third kappa shape index (κ3) is 6.20. The lowest BCUT2D eigenvalue weighted by Gasteiger charge is -2.26. The average molecular weight is 533 g/mol. The summed E-state index contributed by atoms with van der Waals surface area (Å²) in [6.45, 7) is -0.237. The minimum Gasteiger partial charge on any atom is -1.00 e. The van der Waals surface area contributed by atoms with Gasteiger partial charge < -0.3 is 32.8 Å². The van der Waals surface area contributed by atoms with Gasteiger partial charge in [-0.25, -0.2) is 0 Å². The molecule has 1 atom stereocenters. The predicted molar refractivity (Wildman–Crippen MR) is 131 cm³/mol. The zero-order chi connectivity index (χ0) is 22.1. The highest BCUT2D eigenvalue weighted by molar-refractivity contribution is 7.95. The van der Waals surface area contributed by atoms with Crippen molar-refractivity contribution in [2.75, 3.05) is 18.6 Å².